The van der Waals surface area contributed by atoms with Gasteiger partial charge in [-0.15, -0.1) is 0 Å². The Labute approximate surface area is 168 Å². The highest BCUT2D eigenvalue weighted by molar-refractivity contribution is 5.73. The molecule has 1 aromatic carbocycles. The Morgan fingerprint density at radius 2 is 1.23 bits per heavy atom. The second-order valence-electron chi connectivity index (χ2n) is 5.94. The number of nitrogens with zero attached hydrogens (tertiary/aromatic N) is 2. The van der Waals surface area contributed by atoms with Crippen LogP contribution in [0.1, 0.15) is 12.5 Å². The number of carboxylic acids is 2. The van der Waals surface area contributed by atoms with Gasteiger partial charge in [-0.2, -0.15) is 26.3 Å². The van der Waals surface area contributed by atoms with Crippen molar-refractivity contribution in [3.8, 4) is 5.75 Å². The number of rotatable bonds is 3. The summed E-state index contributed by atoms with van der Waals surface area (Å²) >= 11 is 0. The minimum absolute atomic E-state index is 0.417. The molecule has 0 bridgehead atoms. The number of carbonyl (C=O) groups is 2. The van der Waals surface area contributed by atoms with Crippen LogP contribution in [-0.2, 0) is 16.1 Å². The van der Waals surface area contributed by atoms with Crippen molar-refractivity contribution in [2.75, 3.05) is 32.7 Å². The normalized spacial score (nSPS) is 15.3. The molecule has 0 aliphatic carbocycles. The summed E-state index contributed by atoms with van der Waals surface area (Å²) in [6, 6.07) is 7.62. The highest BCUT2D eigenvalue weighted by atomic mass is 19.4. The first-order chi connectivity index (χ1) is 13.7. The topological polar surface area (TPSA) is 101 Å². The maximum atomic E-state index is 10.6. The molecule has 1 heterocycles. The first-order valence-corrected chi connectivity index (χ1v) is 8.50. The van der Waals surface area contributed by atoms with Gasteiger partial charge in [-0.1, -0.05) is 25.1 Å². The van der Waals surface area contributed by atoms with E-state index in [1.54, 1.807) is 6.07 Å². The molecule has 2 rings (SSSR count). The zero-order valence-electron chi connectivity index (χ0n) is 15.9. The molecule has 13 heteroatoms. The van der Waals surface area contributed by atoms with E-state index in [4.69, 9.17) is 19.8 Å². The monoisotopic (exact) mass is 448 g/mol. The molecule has 30 heavy (non-hydrogen) atoms. The third-order valence-electron chi connectivity index (χ3n) is 3.78. The molecule has 1 aliphatic rings. The highest BCUT2D eigenvalue weighted by Gasteiger charge is 2.38. The van der Waals surface area contributed by atoms with Gasteiger partial charge in [0.25, 0.3) is 0 Å². The van der Waals surface area contributed by atoms with Crippen molar-refractivity contribution in [3.63, 3.8) is 0 Å². The average Bonchev–Trinajstić information content (AvgIpc) is 2.64. The Kier molecular flexibility index (Phi) is 11.2. The van der Waals surface area contributed by atoms with Gasteiger partial charge >= 0.3 is 24.3 Å². The minimum atomic E-state index is -5.08. The van der Waals surface area contributed by atoms with Crippen molar-refractivity contribution in [3.05, 3.63) is 29.8 Å². The molecule has 1 saturated heterocycles. The quantitative estimate of drug-likeness (QED) is 0.612. The van der Waals surface area contributed by atoms with E-state index in [1.807, 2.05) is 18.2 Å². The minimum Gasteiger partial charge on any atom is -0.508 e. The van der Waals surface area contributed by atoms with E-state index in [1.165, 1.54) is 0 Å². The van der Waals surface area contributed by atoms with Crippen molar-refractivity contribution in [2.24, 2.45) is 0 Å². The predicted octanol–water partition coefficient (Wildman–Crippen LogP) is 2.80. The number of piperazine rings is 1. The number of likely N-dealkylation sites (N-methyl/N-ethyl adjacent to an activating group) is 1. The van der Waals surface area contributed by atoms with Gasteiger partial charge in [0, 0.05) is 38.3 Å². The van der Waals surface area contributed by atoms with Crippen molar-refractivity contribution in [1.82, 2.24) is 9.80 Å². The third-order valence-corrected chi connectivity index (χ3v) is 3.78. The maximum Gasteiger partial charge on any atom is 0.490 e. The SMILES string of the molecule is CCN1CCN(Cc2ccccc2O)CC1.O=C(O)C(F)(F)F.O=C(O)C(F)(F)F. The van der Waals surface area contributed by atoms with Gasteiger partial charge in [-0.05, 0) is 12.6 Å². The molecular formula is C17H22F6N2O5. The van der Waals surface area contributed by atoms with Crippen LogP contribution in [0.5, 0.6) is 5.75 Å². The van der Waals surface area contributed by atoms with Gasteiger partial charge in [-0.25, -0.2) is 9.59 Å². The van der Waals surface area contributed by atoms with Gasteiger partial charge in [0.05, 0.1) is 0 Å². The number of para-hydroxylation sites is 1. The lowest BCUT2D eigenvalue weighted by Crippen LogP contribution is -2.45. The van der Waals surface area contributed by atoms with Crippen LogP contribution in [0.15, 0.2) is 24.3 Å². The van der Waals surface area contributed by atoms with Crippen LogP contribution in [0.4, 0.5) is 26.3 Å². The lowest BCUT2D eigenvalue weighted by atomic mass is 10.1. The number of phenols is 1. The van der Waals surface area contributed by atoms with Crippen LogP contribution in [0.25, 0.3) is 0 Å². The summed E-state index contributed by atoms with van der Waals surface area (Å²) in [5, 5.41) is 24.0. The summed E-state index contributed by atoms with van der Waals surface area (Å²) in [5.74, 6) is -5.10. The molecule has 0 radical (unpaired) electrons. The molecule has 0 aromatic heterocycles. The van der Waals surface area contributed by atoms with E-state index < -0.39 is 24.3 Å². The predicted molar refractivity (Wildman–Crippen MR) is 92.9 cm³/mol. The van der Waals surface area contributed by atoms with Crippen LogP contribution in [0.2, 0.25) is 0 Å². The number of halogens is 6. The Hall–Kier alpha value is -2.54. The van der Waals surface area contributed by atoms with Crippen LogP contribution in [0, 0.1) is 0 Å². The number of alkyl halides is 6. The van der Waals surface area contributed by atoms with Crippen molar-refractivity contribution in [1.29, 1.82) is 0 Å². The standard InChI is InChI=1S/C13H20N2O.2C2HF3O2/c1-2-14-7-9-15(10-8-14)11-12-5-3-4-6-13(12)16;2*3-2(4,5)1(6)7/h3-6,16H,2,7-11H2,1H3;2*(H,6,7). The summed E-state index contributed by atoms with van der Waals surface area (Å²) in [6.45, 7) is 8.70. The van der Waals surface area contributed by atoms with E-state index in [0.717, 1.165) is 44.8 Å². The van der Waals surface area contributed by atoms with E-state index in [-0.39, 0.29) is 0 Å². The lowest BCUT2D eigenvalue weighted by Gasteiger charge is -2.34. The third kappa shape index (κ3) is 11.5. The van der Waals surface area contributed by atoms with Gasteiger partial charge in [0.15, 0.2) is 0 Å². The van der Waals surface area contributed by atoms with Gasteiger partial charge in [0.2, 0.25) is 0 Å². The number of aliphatic carboxylic acids is 2. The van der Waals surface area contributed by atoms with Crippen LogP contribution in [0.3, 0.4) is 0 Å². The van der Waals surface area contributed by atoms with Crippen molar-refractivity contribution >= 4 is 11.9 Å². The second-order valence-corrected chi connectivity index (χ2v) is 5.94. The fraction of sp³-hybridized carbons (Fsp3) is 0.529. The molecule has 1 aromatic rings. The maximum absolute atomic E-state index is 10.6. The lowest BCUT2D eigenvalue weighted by molar-refractivity contribution is -0.193. The summed E-state index contributed by atoms with van der Waals surface area (Å²) < 4.78 is 63.5. The molecular weight excluding hydrogens is 426 g/mol. The van der Waals surface area contributed by atoms with Gasteiger partial charge in [0.1, 0.15) is 5.75 Å². The van der Waals surface area contributed by atoms with Crippen LogP contribution < -0.4 is 0 Å². The molecule has 0 unspecified atom stereocenters. The summed E-state index contributed by atoms with van der Waals surface area (Å²) in [5.41, 5.74) is 1.03. The largest absolute Gasteiger partial charge is 0.508 e. The number of hydrogen-bond donors (Lipinski definition) is 3. The fourth-order valence-electron chi connectivity index (χ4n) is 2.15. The molecule has 1 fully saturated rings. The Morgan fingerprint density at radius 3 is 1.57 bits per heavy atom. The zero-order valence-corrected chi connectivity index (χ0v) is 15.9. The van der Waals surface area contributed by atoms with E-state index in [2.05, 4.69) is 16.7 Å². The first kappa shape index (κ1) is 27.5. The molecule has 0 saturated carbocycles. The van der Waals surface area contributed by atoms with E-state index in [9.17, 15) is 31.4 Å². The summed E-state index contributed by atoms with van der Waals surface area (Å²) in [4.78, 5) is 22.7. The molecule has 3 N–H and O–H groups in total. The second kappa shape index (κ2) is 12.2. The Bertz CT molecular complexity index is 649. The fourth-order valence-corrected chi connectivity index (χ4v) is 2.15. The van der Waals surface area contributed by atoms with E-state index in [0.29, 0.717) is 5.75 Å². The smallest absolute Gasteiger partial charge is 0.490 e. The number of aromatic hydroxyl groups is 1. The van der Waals surface area contributed by atoms with E-state index >= 15 is 0 Å². The number of phenolic OH excluding ortho intramolecular Hbond substituents is 1. The summed E-state index contributed by atoms with van der Waals surface area (Å²) in [7, 11) is 0. The van der Waals surface area contributed by atoms with Crippen molar-refractivity contribution < 1.29 is 51.3 Å². The van der Waals surface area contributed by atoms with Gasteiger partial charge in [-0.3, -0.25) is 4.90 Å². The number of hydrogen-bond acceptors (Lipinski definition) is 5. The first-order valence-electron chi connectivity index (χ1n) is 8.50. The number of carboxylic acid groups (broad SMARTS) is 2. The van der Waals surface area contributed by atoms with Crippen LogP contribution >= 0.6 is 0 Å². The van der Waals surface area contributed by atoms with Crippen LogP contribution in [-0.4, -0.2) is 82.1 Å². The molecule has 1 aliphatic heterocycles. The summed E-state index contributed by atoms with van der Waals surface area (Å²) in [6.07, 6.45) is -10.2. The molecule has 0 atom stereocenters. The molecule has 0 spiro atoms. The average molecular weight is 448 g/mol. The highest BCUT2D eigenvalue weighted by Crippen LogP contribution is 2.18. The molecule has 172 valence electrons. The zero-order chi connectivity index (χ0) is 23.5. The molecule has 0 amide bonds. The Morgan fingerprint density at radius 1 is 0.867 bits per heavy atom. The van der Waals surface area contributed by atoms with Crippen molar-refractivity contribution in [2.45, 2.75) is 25.8 Å². The number of benzene rings is 1. The van der Waals surface area contributed by atoms with Gasteiger partial charge < -0.3 is 20.2 Å². The molecule has 7 nitrogen and oxygen atoms in total. The Balaban J connectivity index is 0.000000503.